The summed E-state index contributed by atoms with van der Waals surface area (Å²) in [7, 11) is -3.55. The molecule has 1 aromatic carbocycles. The van der Waals surface area contributed by atoms with Crippen LogP contribution in [0.2, 0.25) is 0 Å². The van der Waals surface area contributed by atoms with E-state index in [2.05, 4.69) is 0 Å². The summed E-state index contributed by atoms with van der Waals surface area (Å²) < 4.78 is 32.9. The Morgan fingerprint density at radius 2 is 1.92 bits per heavy atom. The van der Waals surface area contributed by atoms with E-state index < -0.39 is 10.0 Å². The number of piperidine rings is 1. The predicted molar refractivity (Wildman–Crippen MR) is 99.7 cm³/mol. The van der Waals surface area contributed by atoms with E-state index in [1.165, 1.54) is 0 Å². The van der Waals surface area contributed by atoms with Crippen LogP contribution < -0.4 is 0 Å². The number of amides is 1. The first-order valence-electron chi connectivity index (χ1n) is 9.44. The molecule has 3 rings (SSSR count). The summed E-state index contributed by atoms with van der Waals surface area (Å²) in [6, 6.07) is 4.96. The Morgan fingerprint density at radius 3 is 2.62 bits per heavy atom. The molecule has 0 aromatic heterocycles. The second-order valence-corrected chi connectivity index (χ2v) is 9.01. The Hall–Kier alpha value is -1.44. The lowest BCUT2D eigenvalue weighted by atomic mass is 10.1. The van der Waals surface area contributed by atoms with Crippen molar-refractivity contribution in [3.05, 3.63) is 29.3 Å². The van der Waals surface area contributed by atoms with Crippen LogP contribution in [0.4, 0.5) is 0 Å². The van der Waals surface area contributed by atoms with Gasteiger partial charge in [-0.15, -0.1) is 0 Å². The standard InChI is InChI=1S/C19H28N2O4S/c1-3-16-14-25-12-11-21(16)19(22)18-13-17(8-7-15(18)2)26(23,24)20-9-5-4-6-10-20/h7-8,13,16H,3-6,9-12,14H2,1-2H3. The fraction of sp³-hybridized carbons (Fsp3) is 0.632. The Kier molecular flexibility index (Phi) is 5.99. The number of rotatable bonds is 4. The number of hydrogen-bond acceptors (Lipinski definition) is 4. The molecule has 2 saturated heterocycles. The minimum absolute atomic E-state index is 0.0398. The van der Waals surface area contributed by atoms with Crippen LogP contribution in [0, 0.1) is 6.92 Å². The van der Waals surface area contributed by atoms with Crippen molar-refractivity contribution in [3.8, 4) is 0 Å². The second-order valence-electron chi connectivity index (χ2n) is 7.08. The molecule has 0 radical (unpaired) electrons. The van der Waals surface area contributed by atoms with Gasteiger partial charge in [0.05, 0.1) is 24.2 Å². The molecule has 6 nitrogen and oxygen atoms in total. The van der Waals surface area contributed by atoms with Gasteiger partial charge in [-0.25, -0.2) is 8.42 Å². The van der Waals surface area contributed by atoms with Gasteiger partial charge < -0.3 is 9.64 Å². The second kappa shape index (κ2) is 8.06. The first-order chi connectivity index (χ1) is 12.4. The van der Waals surface area contributed by atoms with Crippen molar-refractivity contribution >= 4 is 15.9 Å². The Labute approximate surface area is 156 Å². The van der Waals surface area contributed by atoms with E-state index >= 15 is 0 Å². The summed E-state index contributed by atoms with van der Waals surface area (Å²) in [5.41, 5.74) is 1.28. The van der Waals surface area contributed by atoms with Crippen molar-refractivity contribution in [1.82, 2.24) is 9.21 Å². The van der Waals surface area contributed by atoms with Crippen LogP contribution in [0.15, 0.2) is 23.1 Å². The number of aryl methyl sites for hydroxylation is 1. The van der Waals surface area contributed by atoms with Crippen LogP contribution in [-0.2, 0) is 14.8 Å². The number of benzene rings is 1. The average molecular weight is 381 g/mol. The largest absolute Gasteiger partial charge is 0.377 e. The summed E-state index contributed by atoms with van der Waals surface area (Å²) in [5, 5.41) is 0. The molecule has 7 heteroatoms. The molecule has 1 unspecified atom stereocenters. The van der Waals surface area contributed by atoms with Crippen molar-refractivity contribution in [2.24, 2.45) is 0 Å². The highest BCUT2D eigenvalue weighted by Gasteiger charge is 2.30. The smallest absolute Gasteiger partial charge is 0.254 e. The fourth-order valence-corrected chi connectivity index (χ4v) is 5.21. The van der Waals surface area contributed by atoms with Crippen molar-refractivity contribution < 1.29 is 17.9 Å². The predicted octanol–water partition coefficient (Wildman–Crippen LogP) is 2.42. The van der Waals surface area contributed by atoms with E-state index in [-0.39, 0.29) is 16.8 Å². The van der Waals surface area contributed by atoms with Gasteiger partial charge >= 0.3 is 0 Å². The molecular formula is C19H28N2O4S. The van der Waals surface area contributed by atoms with Crippen LogP contribution in [0.1, 0.15) is 48.5 Å². The maximum atomic E-state index is 13.1. The third kappa shape index (κ3) is 3.80. The molecule has 1 aromatic rings. The number of nitrogens with zero attached hydrogens (tertiary/aromatic N) is 2. The van der Waals surface area contributed by atoms with Gasteiger partial charge in [-0.1, -0.05) is 19.4 Å². The zero-order chi connectivity index (χ0) is 18.7. The summed E-state index contributed by atoms with van der Waals surface area (Å²) >= 11 is 0. The van der Waals surface area contributed by atoms with Gasteiger partial charge in [-0.05, 0) is 43.9 Å². The van der Waals surface area contributed by atoms with Gasteiger partial charge in [0.25, 0.3) is 5.91 Å². The highest BCUT2D eigenvalue weighted by Crippen LogP contribution is 2.24. The summed E-state index contributed by atoms with van der Waals surface area (Å²) in [5.74, 6) is -0.103. The fourth-order valence-electron chi connectivity index (χ4n) is 3.66. The molecule has 2 heterocycles. The lowest BCUT2D eigenvalue weighted by Gasteiger charge is -2.35. The maximum absolute atomic E-state index is 13.1. The highest BCUT2D eigenvalue weighted by molar-refractivity contribution is 7.89. The van der Waals surface area contributed by atoms with E-state index in [1.54, 1.807) is 22.5 Å². The average Bonchev–Trinajstić information content (AvgIpc) is 2.68. The molecule has 2 aliphatic heterocycles. The van der Waals surface area contributed by atoms with E-state index in [1.807, 2.05) is 18.7 Å². The van der Waals surface area contributed by atoms with Gasteiger partial charge in [-0.3, -0.25) is 4.79 Å². The van der Waals surface area contributed by atoms with Gasteiger partial charge in [0.2, 0.25) is 10.0 Å². The number of morpholine rings is 1. The molecular weight excluding hydrogens is 352 g/mol. The highest BCUT2D eigenvalue weighted by atomic mass is 32.2. The zero-order valence-electron chi connectivity index (χ0n) is 15.6. The van der Waals surface area contributed by atoms with E-state index in [4.69, 9.17) is 4.74 Å². The molecule has 144 valence electrons. The Morgan fingerprint density at radius 1 is 1.19 bits per heavy atom. The number of sulfonamides is 1. The van der Waals surface area contributed by atoms with Gasteiger partial charge in [0.1, 0.15) is 0 Å². The molecule has 1 amide bonds. The third-order valence-electron chi connectivity index (χ3n) is 5.35. The van der Waals surface area contributed by atoms with Crippen LogP contribution in [0.5, 0.6) is 0 Å². The first kappa shape index (κ1) is 19.3. The normalized spacial score (nSPS) is 22.4. The Bertz CT molecular complexity index is 757. The summed E-state index contributed by atoms with van der Waals surface area (Å²) in [4.78, 5) is 15.1. The number of ether oxygens (including phenoxy) is 1. The Balaban J connectivity index is 1.91. The molecule has 0 bridgehead atoms. The van der Waals surface area contributed by atoms with Crippen molar-refractivity contribution in [1.29, 1.82) is 0 Å². The van der Waals surface area contributed by atoms with Crippen molar-refractivity contribution in [3.63, 3.8) is 0 Å². The number of carbonyl (C=O) groups is 1. The molecule has 26 heavy (non-hydrogen) atoms. The molecule has 0 N–H and O–H groups in total. The maximum Gasteiger partial charge on any atom is 0.254 e. The minimum Gasteiger partial charge on any atom is -0.377 e. The van der Waals surface area contributed by atoms with Crippen LogP contribution >= 0.6 is 0 Å². The third-order valence-corrected chi connectivity index (χ3v) is 7.25. The van der Waals surface area contributed by atoms with E-state index in [0.29, 0.717) is 38.4 Å². The van der Waals surface area contributed by atoms with Crippen LogP contribution in [0.25, 0.3) is 0 Å². The van der Waals surface area contributed by atoms with E-state index in [9.17, 15) is 13.2 Å². The lowest BCUT2D eigenvalue weighted by Crippen LogP contribution is -2.48. The van der Waals surface area contributed by atoms with Gasteiger partial charge in [0.15, 0.2) is 0 Å². The molecule has 2 aliphatic rings. The SMILES string of the molecule is CCC1COCCN1C(=O)c1cc(S(=O)(=O)N2CCCCC2)ccc1C. The monoisotopic (exact) mass is 380 g/mol. The lowest BCUT2D eigenvalue weighted by molar-refractivity contribution is -0.00285. The molecule has 0 saturated carbocycles. The quantitative estimate of drug-likeness (QED) is 0.805. The van der Waals surface area contributed by atoms with Crippen molar-refractivity contribution in [2.75, 3.05) is 32.8 Å². The van der Waals surface area contributed by atoms with Crippen molar-refractivity contribution in [2.45, 2.75) is 50.5 Å². The van der Waals surface area contributed by atoms with Crippen LogP contribution in [-0.4, -0.2) is 62.4 Å². The van der Waals surface area contributed by atoms with Crippen LogP contribution in [0.3, 0.4) is 0 Å². The topological polar surface area (TPSA) is 66.9 Å². The van der Waals surface area contributed by atoms with Gasteiger partial charge in [0, 0.05) is 25.2 Å². The molecule has 0 aliphatic carbocycles. The molecule has 1 atom stereocenters. The molecule has 2 fully saturated rings. The molecule has 0 spiro atoms. The number of hydrogen-bond donors (Lipinski definition) is 0. The summed E-state index contributed by atoms with van der Waals surface area (Å²) in [6.45, 7) is 6.59. The van der Waals surface area contributed by atoms with Gasteiger partial charge in [-0.2, -0.15) is 4.31 Å². The number of carbonyl (C=O) groups excluding carboxylic acids is 1. The first-order valence-corrected chi connectivity index (χ1v) is 10.9. The minimum atomic E-state index is -3.55. The van der Waals surface area contributed by atoms with E-state index in [0.717, 1.165) is 31.2 Å². The summed E-state index contributed by atoms with van der Waals surface area (Å²) in [6.07, 6.45) is 3.67. The zero-order valence-corrected chi connectivity index (χ0v) is 16.4.